The highest BCUT2D eigenvalue weighted by Gasteiger charge is 2.24. The van der Waals surface area contributed by atoms with Crippen LogP contribution in [0.1, 0.15) is 32.3 Å². The van der Waals surface area contributed by atoms with Crippen molar-refractivity contribution in [3.63, 3.8) is 0 Å². The van der Waals surface area contributed by atoms with E-state index in [1.807, 2.05) is 24.3 Å². The van der Waals surface area contributed by atoms with E-state index in [-0.39, 0.29) is 5.54 Å². The molecule has 0 saturated heterocycles. The van der Waals surface area contributed by atoms with Crippen molar-refractivity contribution in [2.75, 3.05) is 5.88 Å². The molecule has 1 aromatic carbocycles. The van der Waals surface area contributed by atoms with Crippen LogP contribution in [-0.4, -0.2) is 11.4 Å². The molecule has 90 valence electrons. The smallest absolute Gasteiger partial charge is 0.0450 e. The predicted octanol–water partition coefficient (Wildman–Crippen LogP) is 4.23. The minimum absolute atomic E-state index is 0.0285. The van der Waals surface area contributed by atoms with Crippen molar-refractivity contribution in [3.8, 4) is 0 Å². The number of rotatable bonds is 6. The molecule has 0 amide bonds. The van der Waals surface area contributed by atoms with E-state index >= 15 is 0 Å². The Morgan fingerprint density at radius 1 is 1.19 bits per heavy atom. The van der Waals surface area contributed by atoms with Gasteiger partial charge in [0.1, 0.15) is 0 Å². The van der Waals surface area contributed by atoms with Gasteiger partial charge in [0, 0.05) is 23.0 Å². The summed E-state index contributed by atoms with van der Waals surface area (Å²) in [5.74, 6) is 0.629. The molecule has 1 rings (SSSR count). The lowest BCUT2D eigenvalue weighted by molar-refractivity contribution is 0.334. The van der Waals surface area contributed by atoms with Crippen LogP contribution in [0.3, 0.4) is 0 Å². The lowest BCUT2D eigenvalue weighted by Crippen LogP contribution is -2.45. The number of alkyl halides is 1. The minimum atomic E-state index is 0.0285. The molecular weight excluding hydrogens is 241 g/mol. The van der Waals surface area contributed by atoms with Gasteiger partial charge in [0.2, 0.25) is 0 Å². The summed E-state index contributed by atoms with van der Waals surface area (Å²) in [4.78, 5) is 0. The van der Waals surface area contributed by atoms with E-state index in [2.05, 4.69) is 19.2 Å². The number of halogens is 2. The topological polar surface area (TPSA) is 12.0 Å². The first-order valence-corrected chi connectivity index (χ1v) is 6.63. The molecule has 0 atom stereocenters. The van der Waals surface area contributed by atoms with Gasteiger partial charge in [0.15, 0.2) is 0 Å². The summed E-state index contributed by atoms with van der Waals surface area (Å²) in [6, 6.07) is 7.90. The minimum Gasteiger partial charge on any atom is -0.306 e. The highest BCUT2D eigenvalue weighted by atomic mass is 35.5. The van der Waals surface area contributed by atoms with Crippen LogP contribution in [0.2, 0.25) is 5.02 Å². The molecule has 0 radical (unpaired) electrons. The molecule has 0 heterocycles. The molecule has 0 aliphatic heterocycles. The van der Waals surface area contributed by atoms with Gasteiger partial charge in [-0.1, -0.05) is 43.6 Å². The Morgan fingerprint density at radius 3 is 2.31 bits per heavy atom. The first kappa shape index (κ1) is 13.8. The van der Waals surface area contributed by atoms with E-state index in [1.54, 1.807) is 0 Å². The first-order chi connectivity index (χ1) is 7.67. The summed E-state index contributed by atoms with van der Waals surface area (Å²) in [7, 11) is 0. The standard InChI is InChI=1S/C13H19Cl2N/c1-3-13(4-2,10-14)16-9-11-7-5-6-8-12(11)15/h5-8,16H,3-4,9-10H2,1-2H3. The highest BCUT2D eigenvalue weighted by Crippen LogP contribution is 2.20. The maximum absolute atomic E-state index is 6.11. The van der Waals surface area contributed by atoms with Crippen molar-refractivity contribution >= 4 is 23.2 Å². The molecular formula is C13H19Cl2N. The van der Waals surface area contributed by atoms with Crippen LogP contribution in [0.25, 0.3) is 0 Å². The monoisotopic (exact) mass is 259 g/mol. The van der Waals surface area contributed by atoms with E-state index in [9.17, 15) is 0 Å². The van der Waals surface area contributed by atoms with Gasteiger partial charge in [0.25, 0.3) is 0 Å². The third-order valence-electron chi connectivity index (χ3n) is 3.22. The van der Waals surface area contributed by atoms with E-state index < -0.39 is 0 Å². The predicted molar refractivity (Wildman–Crippen MR) is 72.3 cm³/mol. The fourth-order valence-electron chi connectivity index (χ4n) is 1.66. The van der Waals surface area contributed by atoms with Crippen LogP contribution in [0.15, 0.2) is 24.3 Å². The van der Waals surface area contributed by atoms with Crippen molar-refractivity contribution in [2.24, 2.45) is 0 Å². The average Bonchev–Trinajstić information content (AvgIpc) is 2.34. The van der Waals surface area contributed by atoms with Crippen LogP contribution < -0.4 is 5.32 Å². The summed E-state index contributed by atoms with van der Waals surface area (Å²) in [6.45, 7) is 5.09. The zero-order valence-corrected chi connectivity index (χ0v) is 11.4. The second kappa shape index (κ2) is 6.48. The van der Waals surface area contributed by atoms with Gasteiger partial charge < -0.3 is 5.32 Å². The quantitative estimate of drug-likeness (QED) is 0.755. The normalized spacial score (nSPS) is 11.8. The number of hydrogen-bond acceptors (Lipinski definition) is 1. The largest absolute Gasteiger partial charge is 0.306 e. The molecule has 3 heteroatoms. The number of benzene rings is 1. The van der Waals surface area contributed by atoms with Crippen molar-refractivity contribution < 1.29 is 0 Å². The van der Waals surface area contributed by atoms with E-state index in [4.69, 9.17) is 23.2 Å². The molecule has 1 aromatic rings. The second-order valence-corrected chi connectivity index (χ2v) is 4.74. The molecule has 16 heavy (non-hydrogen) atoms. The molecule has 1 N–H and O–H groups in total. The summed E-state index contributed by atoms with van der Waals surface area (Å²) in [6.07, 6.45) is 2.05. The van der Waals surface area contributed by atoms with Crippen molar-refractivity contribution in [3.05, 3.63) is 34.9 Å². The summed E-state index contributed by atoms with van der Waals surface area (Å²) < 4.78 is 0. The zero-order valence-electron chi connectivity index (χ0n) is 9.89. The van der Waals surface area contributed by atoms with Gasteiger partial charge in [-0.3, -0.25) is 0 Å². The Morgan fingerprint density at radius 2 is 1.81 bits per heavy atom. The van der Waals surface area contributed by atoms with Crippen LogP contribution in [-0.2, 0) is 6.54 Å². The highest BCUT2D eigenvalue weighted by molar-refractivity contribution is 6.31. The molecule has 0 bridgehead atoms. The summed E-state index contributed by atoms with van der Waals surface area (Å²) in [5.41, 5.74) is 1.15. The van der Waals surface area contributed by atoms with Crippen LogP contribution in [0, 0.1) is 0 Å². The van der Waals surface area contributed by atoms with Crippen molar-refractivity contribution in [2.45, 2.75) is 38.8 Å². The fraction of sp³-hybridized carbons (Fsp3) is 0.538. The molecule has 0 unspecified atom stereocenters. The maximum Gasteiger partial charge on any atom is 0.0450 e. The Kier molecular flexibility index (Phi) is 5.60. The fourth-order valence-corrected chi connectivity index (χ4v) is 2.34. The third-order valence-corrected chi connectivity index (χ3v) is 4.10. The average molecular weight is 260 g/mol. The Hall–Kier alpha value is -0.240. The van der Waals surface area contributed by atoms with Gasteiger partial charge >= 0.3 is 0 Å². The molecule has 0 aliphatic rings. The number of hydrogen-bond donors (Lipinski definition) is 1. The Labute approximate surface area is 108 Å². The van der Waals surface area contributed by atoms with E-state index in [1.165, 1.54) is 0 Å². The SMILES string of the molecule is CCC(CC)(CCl)NCc1ccccc1Cl. The van der Waals surface area contributed by atoms with Crippen molar-refractivity contribution in [1.29, 1.82) is 0 Å². The van der Waals surface area contributed by atoms with Crippen molar-refractivity contribution in [1.82, 2.24) is 5.32 Å². The molecule has 0 spiro atoms. The summed E-state index contributed by atoms with van der Waals surface area (Å²) >= 11 is 12.1. The lowest BCUT2D eigenvalue weighted by Gasteiger charge is -2.31. The zero-order chi connectivity index (χ0) is 12.0. The van der Waals surface area contributed by atoms with Gasteiger partial charge in [-0.15, -0.1) is 11.6 Å². The lowest BCUT2D eigenvalue weighted by atomic mass is 9.95. The van der Waals surface area contributed by atoms with Gasteiger partial charge in [-0.25, -0.2) is 0 Å². The third kappa shape index (κ3) is 3.38. The maximum atomic E-state index is 6.11. The van der Waals surface area contributed by atoms with E-state index in [0.717, 1.165) is 30.0 Å². The number of nitrogens with one attached hydrogen (secondary N) is 1. The van der Waals surface area contributed by atoms with Crippen LogP contribution in [0.4, 0.5) is 0 Å². The van der Waals surface area contributed by atoms with E-state index in [0.29, 0.717) is 5.88 Å². The molecule has 0 saturated carbocycles. The molecule has 1 nitrogen and oxygen atoms in total. The molecule has 0 aromatic heterocycles. The van der Waals surface area contributed by atoms with Gasteiger partial charge in [0.05, 0.1) is 0 Å². The second-order valence-electron chi connectivity index (χ2n) is 4.07. The van der Waals surface area contributed by atoms with Gasteiger partial charge in [-0.2, -0.15) is 0 Å². The van der Waals surface area contributed by atoms with Crippen LogP contribution >= 0.6 is 23.2 Å². The summed E-state index contributed by atoms with van der Waals surface area (Å²) in [5, 5.41) is 4.33. The Bertz CT molecular complexity index is 313. The molecule has 0 fully saturated rings. The molecule has 0 aliphatic carbocycles. The Balaban J connectivity index is 2.66. The first-order valence-electron chi connectivity index (χ1n) is 5.72. The van der Waals surface area contributed by atoms with Gasteiger partial charge in [-0.05, 0) is 24.5 Å². The van der Waals surface area contributed by atoms with Crippen LogP contribution in [0.5, 0.6) is 0 Å².